The van der Waals surface area contributed by atoms with Crippen molar-refractivity contribution >= 4 is 23.0 Å². The second kappa shape index (κ2) is 5.55. The molecule has 0 aromatic carbocycles. The van der Waals surface area contributed by atoms with Gasteiger partial charge in [-0.3, -0.25) is 4.98 Å². The number of anilines is 2. The quantitative estimate of drug-likeness (QED) is 0.553. The van der Waals surface area contributed by atoms with Crippen molar-refractivity contribution in [1.82, 2.24) is 15.0 Å². The van der Waals surface area contributed by atoms with Crippen LogP contribution in [0.5, 0.6) is 0 Å². The lowest BCUT2D eigenvalue weighted by molar-refractivity contribution is 0.736. The van der Waals surface area contributed by atoms with Crippen molar-refractivity contribution in [3.05, 3.63) is 29.0 Å². The highest BCUT2D eigenvalue weighted by Crippen LogP contribution is 2.23. The molecule has 0 bridgehead atoms. The van der Waals surface area contributed by atoms with E-state index in [1.54, 1.807) is 29.9 Å². The fourth-order valence-electron chi connectivity index (χ4n) is 1.43. The van der Waals surface area contributed by atoms with Gasteiger partial charge in [0.15, 0.2) is 5.82 Å². The van der Waals surface area contributed by atoms with Crippen LogP contribution in [0.15, 0.2) is 24.0 Å². The zero-order valence-electron chi connectivity index (χ0n) is 9.42. The summed E-state index contributed by atoms with van der Waals surface area (Å²) in [6.07, 6.45) is 5.95. The topological polar surface area (TPSA) is 88.8 Å². The van der Waals surface area contributed by atoms with Crippen LogP contribution in [0.4, 0.5) is 11.6 Å². The zero-order chi connectivity index (χ0) is 12.1. The van der Waals surface area contributed by atoms with Gasteiger partial charge in [-0.25, -0.2) is 15.8 Å². The van der Waals surface area contributed by atoms with Crippen LogP contribution in [0, 0.1) is 0 Å². The van der Waals surface area contributed by atoms with Crippen LogP contribution in [-0.4, -0.2) is 15.0 Å². The number of thiazole rings is 1. The predicted octanol–water partition coefficient (Wildman–Crippen LogP) is 1.78. The van der Waals surface area contributed by atoms with Crippen LogP contribution in [0.1, 0.15) is 24.4 Å². The Morgan fingerprint density at radius 1 is 1.41 bits per heavy atom. The molecule has 4 N–H and O–H groups in total. The molecule has 7 heteroatoms. The minimum atomic E-state index is 0.150. The molecular formula is C10H14N6S. The van der Waals surface area contributed by atoms with Crippen molar-refractivity contribution in [2.75, 3.05) is 10.7 Å². The monoisotopic (exact) mass is 250 g/mol. The highest BCUT2D eigenvalue weighted by molar-refractivity contribution is 7.09. The first kappa shape index (κ1) is 11.7. The van der Waals surface area contributed by atoms with Crippen molar-refractivity contribution in [1.29, 1.82) is 0 Å². The Bertz CT molecular complexity index is 458. The van der Waals surface area contributed by atoms with Crippen LogP contribution in [0.3, 0.4) is 0 Å². The van der Waals surface area contributed by atoms with Gasteiger partial charge in [0.2, 0.25) is 0 Å². The molecule has 2 aromatic rings. The van der Waals surface area contributed by atoms with Gasteiger partial charge in [-0.2, -0.15) is 0 Å². The number of hydrogen-bond donors (Lipinski definition) is 3. The van der Waals surface area contributed by atoms with Gasteiger partial charge in [0.25, 0.3) is 0 Å². The van der Waals surface area contributed by atoms with E-state index < -0.39 is 0 Å². The lowest BCUT2D eigenvalue weighted by Crippen LogP contribution is -2.13. The fourth-order valence-corrected chi connectivity index (χ4v) is 2.20. The maximum atomic E-state index is 5.29. The first-order valence-corrected chi connectivity index (χ1v) is 6.16. The van der Waals surface area contributed by atoms with E-state index in [0.717, 1.165) is 11.4 Å². The van der Waals surface area contributed by atoms with E-state index in [9.17, 15) is 0 Å². The first-order chi connectivity index (χ1) is 8.33. The van der Waals surface area contributed by atoms with Gasteiger partial charge in [-0.05, 0) is 6.42 Å². The van der Waals surface area contributed by atoms with E-state index in [2.05, 4.69) is 32.6 Å². The smallest absolute Gasteiger partial charge is 0.160 e. The van der Waals surface area contributed by atoms with E-state index in [-0.39, 0.29) is 6.04 Å². The Balaban J connectivity index is 2.13. The molecule has 0 aliphatic rings. The number of nitrogens with zero attached hydrogens (tertiary/aromatic N) is 3. The van der Waals surface area contributed by atoms with Gasteiger partial charge in [0, 0.05) is 11.6 Å². The molecule has 90 valence electrons. The predicted molar refractivity (Wildman–Crippen MR) is 68.6 cm³/mol. The van der Waals surface area contributed by atoms with Gasteiger partial charge >= 0.3 is 0 Å². The molecule has 1 atom stereocenters. The van der Waals surface area contributed by atoms with E-state index in [0.29, 0.717) is 11.6 Å². The van der Waals surface area contributed by atoms with Gasteiger partial charge in [-0.15, -0.1) is 11.3 Å². The van der Waals surface area contributed by atoms with Crippen LogP contribution in [-0.2, 0) is 0 Å². The Hall–Kier alpha value is -1.73. The third-order valence-electron chi connectivity index (χ3n) is 2.26. The second-order valence-electron chi connectivity index (χ2n) is 3.41. The number of nitrogens with one attached hydrogen (secondary N) is 2. The molecular weight excluding hydrogens is 236 g/mol. The van der Waals surface area contributed by atoms with E-state index in [1.165, 1.54) is 0 Å². The summed E-state index contributed by atoms with van der Waals surface area (Å²) in [5.41, 5.74) is 2.47. The van der Waals surface area contributed by atoms with Gasteiger partial charge in [0.05, 0.1) is 18.4 Å². The molecule has 2 aromatic heterocycles. The summed E-state index contributed by atoms with van der Waals surface area (Å²) in [6, 6.07) is 0.150. The maximum Gasteiger partial charge on any atom is 0.160 e. The number of hydrazine groups is 1. The molecule has 0 fully saturated rings. The molecule has 17 heavy (non-hydrogen) atoms. The Morgan fingerprint density at radius 3 is 2.88 bits per heavy atom. The standard InChI is InChI=1S/C10H14N6S/c1-2-7(10-13-3-4-17-10)14-8-5-12-6-9(15-8)16-11/h3-7H,2,11H2,1H3,(H2,14,15,16). The highest BCUT2D eigenvalue weighted by atomic mass is 32.1. The van der Waals surface area contributed by atoms with Gasteiger partial charge in [0.1, 0.15) is 10.8 Å². The SMILES string of the molecule is CCC(Nc1cncc(NN)n1)c1nccs1. The lowest BCUT2D eigenvalue weighted by atomic mass is 10.2. The number of hydrogen-bond acceptors (Lipinski definition) is 7. The van der Waals surface area contributed by atoms with Crippen molar-refractivity contribution in [2.45, 2.75) is 19.4 Å². The Labute approximate surface area is 103 Å². The van der Waals surface area contributed by atoms with Crippen LogP contribution in [0.2, 0.25) is 0 Å². The van der Waals surface area contributed by atoms with Crippen LogP contribution >= 0.6 is 11.3 Å². The number of nitrogens with two attached hydrogens (primary N) is 1. The summed E-state index contributed by atoms with van der Waals surface area (Å²) in [5.74, 6) is 6.50. The van der Waals surface area contributed by atoms with Crippen LogP contribution < -0.4 is 16.6 Å². The molecule has 0 saturated carbocycles. The molecule has 0 amide bonds. The lowest BCUT2D eigenvalue weighted by Gasteiger charge is -2.15. The Morgan fingerprint density at radius 2 is 2.24 bits per heavy atom. The Kier molecular flexibility index (Phi) is 3.84. The average Bonchev–Trinajstić information content (AvgIpc) is 2.90. The molecule has 0 spiro atoms. The second-order valence-corrected chi connectivity index (χ2v) is 4.34. The fraction of sp³-hybridized carbons (Fsp3) is 0.300. The van der Waals surface area contributed by atoms with E-state index in [4.69, 9.17) is 5.84 Å². The number of rotatable bonds is 5. The zero-order valence-corrected chi connectivity index (χ0v) is 10.2. The minimum absolute atomic E-state index is 0.150. The summed E-state index contributed by atoms with van der Waals surface area (Å²) < 4.78 is 0. The third kappa shape index (κ3) is 2.89. The summed E-state index contributed by atoms with van der Waals surface area (Å²) in [6.45, 7) is 2.09. The average molecular weight is 250 g/mol. The summed E-state index contributed by atoms with van der Waals surface area (Å²) in [4.78, 5) is 12.6. The summed E-state index contributed by atoms with van der Waals surface area (Å²) >= 11 is 1.62. The highest BCUT2D eigenvalue weighted by Gasteiger charge is 2.12. The summed E-state index contributed by atoms with van der Waals surface area (Å²) in [5, 5.41) is 6.29. The van der Waals surface area contributed by atoms with Crippen molar-refractivity contribution in [3.8, 4) is 0 Å². The molecule has 0 radical (unpaired) electrons. The molecule has 2 heterocycles. The molecule has 0 saturated heterocycles. The number of nitrogen functional groups attached to an aromatic ring is 1. The number of aromatic nitrogens is 3. The summed E-state index contributed by atoms with van der Waals surface area (Å²) in [7, 11) is 0. The van der Waals surface area contributed by atoms with E-state index >= 15 is 0 Å². The van der Waals surface area contributed by atoms with Gasteiger partial charge < -0.3 is 10.7 Å². The third-order valence-corrected chi connectivity index (χ3v) is 3.15. The molecule has 0 aliphatic heterocycles. The van der Waals surface area contributed by atoms with Gasteiger partial charge in [-0.1, -0.05) is 6.92 Å². The van der Waals surface area contributed by atoms with Crippen molar-refractivity contribution < 1.29 is 0 Å². The maximum absolute atomic E-state index is 5.29. The molecule has 1 unspecified atom stereocenters. The molecule has 0 aliphatic carbocycles. The molecule has 2 rings (SSSR count). The first-order valence-electron chi connectivity index (χ1n) is 5.28. The van der Waals surface area contributed by atoms with E-state index in [1.807, 2.05) is 5.38 Å². The normalized spacial score (nSPS) is 12.1. The van der Waals surface area contributed by atoms with Crippen molar-refractivity contribution in [2.24, 2.45) is 5.84 Å². The largest absolute Gasteiger partial charge is 0.359 e. The minimum Gasteiger partial charge on any atom is -0.359 e. The van der Waals surface area contributed by atoms with Crippen molar-refractivity contribution in [3.63, 3.8) is 0 Å². The molecule has 6 nitrogen and oxygen atoms in total. The van der Waals surface area contributed by atoms with Crippen LogP contribution in [0.25, 0.3) is 0 Å².